The molecule has 0 heterocycles. The van der Waals surface area contributed by atoms with Crippen molar-refractivity contribution >= 4 is 11.8 Å². The summed E-state index contributed by atoms with van der Waals surface area (Å²) in [6.45, 7) is 0. The van der Waals surface area contributed by atoms with E-state index in [9.17, 15) is 9.50 Å². The zero-order chi connectivity index (χ0) is 10.4. The molecule has 0 saturated heterocycles. The fourth-order valence-corrected chi connectivity index (χ4v) is 1.76. The molecule has 0 radical (unpaired) electrons. The van der Waals surface area contributed by atoms with Crippen molar-refractivity contribution in [2.24, 2.45) is 0 Å². The molecule has 0 saturated carbocycles. The minimum absolute atomic E-state index is 0.286. The smallest absolute Gasteiger partial charge is 0.123 e. The molecule has 78 valence electrons. The molecule has 0 aliphatic rings. The Morgan fingerprint density at radius 1 is 1.50 bits per heavy atom. The number of hydrogen-bond acceptors (Lipinski definition) is 2. The number of rotatable bonds is 5. The van der Waals surface area contributed by atoms with Gasteiger partial charge < -0.3 is 5.11 Å². The second-order valence-corrected chi connectivity index (χ2v) is 4.19. The molecule has 1 nitrogen and oxygen atoms in total. The molecule has 0 bridgehead atoms. The van der Waals surface area contributed by atoms with E-state index in [-0.39, 0.29) is 5.82 Å². The lowest BCUT2D eigenvalue weighted by molar-refractivity contribution is 0.166. The molecule has 0 spiro atoms. The number of aliphatic hydroxyl groups excluding tert-OH is 1. The van der Waals surface area contributed by atoms with Gasteiger partial charge in [-0.05, 0) is 42.5 Å². The summed E-state index contributed by atoms with van der Waals surface area (Å²) in [6.07, 6.45) is 3.16. The van der Waals surface area contributed by atoms with E-state index in [4.69, 9.17) is 0 Å². The van der Waals surface area contributed by atoms with Crippen molar-refractivity contribution in [3.05, 3.63) is 35.6 Å². The number of hydrogen-bond donors (Lipinski definition) is 1. The molecule has 1 aromatic rings. The van der Waals surface area contributed by atoms with Crippen molar-refractivity contribution in [3.8, 4) is 0 Å². The second kappa shape index (κ2) is 6.04. The lowest BCUT2D eigenvalue weighted by Gasteiger charge is -2.10. The first-order valence-electron chi connectivity index (χ1n) is 4.66. The predicted octanol–water partition coefficient (Wildman–Crippen LogP) is 3.00. The van der Waals surface area contributed by atoms with Crippen LogP contribution in [0.2, 0.25) is 0 Å². The molecule has 0 amide bonds. The zero-order valence-electron chi connectivity index (χ0n) is 8.24. The monoisotopic (exact) mass is 214 g/mol. The number of thioether (sulfide) groups is 1. The average Bonchev–Trinajstić information content (AvgIpc) is 2.18. The van der Waals surface area contributed by atoms with Crippen LogP contribution in [0.25, 0.3) is 0 Å². The first kappa shape index (κ1) is 11.5. The lowest BCUT2D eigenvalue weighted by atomic mass is 10.1. The molecular formula is C11H15FOS. The molecule has 1 atom stereocenters. The fraction of sp³-hybridized carbons (Fsp3) is 0.455. The van der Waals surface area contributed by atoms with E-state index in [2.05, 4.69) is 0 Å². The number of benzene rings is 1. The predicted molar refractivity (Wildman–Crippen MR) is 59.0 cm³/mol. The highest BCUT2D eigenvalue weighted by Gasteiger charge is 2.07. The Balaban J connectivity index is 2.47. The zero-order valence-corrected chi connectivity index (χ0v) is 9.06. The third-order valence-electron chi connectivity index (χ3n) is 2.06. The van der Waals surface area contributed by atoms with Crippen LogP contribution in [0.4, 0.5) is 4.39 Å². The molecule has 1 unspecified atom stereocenters. The van der Waals surface area contributed by atoms with E-state index in [1.165, 1.54) is 12.1 Å². The van der Waals surface area contributed by atoms with Crippen LogP contribution in [0.1, 0.15) is 24.5 Å². The van der Waals surface area contributed by atoms with Crippen LogP contribution in [-0.4, -0.2) is 17.1 Å². The standard InChI is InChI=1S/C11H15FOS/c1-14-7-3-6-11(13)9-4-2-5-10(12)8-9/h2,4-5,8,11,13H,3,6-7H2,1H3. The molecule has 3 heteroatoms. The third-order valence-corrected chi connectivity index (χ3v) is 2.76. The minimum Gasteiger partial charge on any atom is -0.388 e. The van der Waals surface area contributed by atoms with Gasteiger partial charge in [-0.2, -0.15) is 11.8 Å². The van der Waals surface area contributed by atoms with E-state index in [1.54, 1.807) is 23.9 Å². The number of aliphatic hydroxyl groups is 1. The molecule has 1 aromatic carbocycles. The van der Waals surface area contributed by atoms with Gasteiger partial charge in [0, 0.05) is 0 Å². The lowest BCUT2D eigenvalue weighted by Crippen LogP contribution is -1.98. The summed E-state index contributed by atoms with van der Waals surface area (Å²) in [7, 11) is 0. The summed E-state index contributed by atoms with van der Waals surface area (Å²) in [4.78, 5) is 0. The quantitative estimate of drug-likeness (QED) is 0.760. The Morgan fingerprint density at radius 3 is 2.93 bits per heavy atom. The van der Waals surface area contributed by atoms with Gasteiger partial charge in [-0.15, -0.1) is 0 Å². The summed E-state index contributed by atoms with van der Waals surface area (Å²) in [5.41, 5.74) is 0.672. The van der Waals surface area contributed by atoms with Crippen LogP contribution in [-0.2, 0) is 0 Å². The summed E-state index contributed by atoms with van der Waals surface area (Å²) in [5.74, 6) is 0.748. The molecule has 14 heavy (non-hydrogen) atoms. The van der Waals surface area contributed by atoms with E-state index < -0.39 is 6.10 Å². The van der Waals surface area contributed by atoms with Crippen molar-refractivity contribution in [2.75, 3.05) is 12.0 Å². The van der Waals surface area contributed by atoms with Gasteiger partial charge in [0.2, 0.25) is 0 Å². The first-order chi connectivity index (χ1) is 6.74. The van der Waals surface area contributed by atoms with Crippen molar-refractivity contribution in [1.82, 2.24) is 0 Å². The first-order valence-corrected chi connectivity index (χ1v) is 6.06. The van der Waals surface area contributed by atoms with Gasteiger partial charge in [0.25, 0.3) is 0 Å². The van der Waals surface area contributed by atoms with Crippen LogP contribution >= 0.6 is 11.8 Å². The molecular weight excluding hydrogens is 199 g/mol. The molecule has 0 fully saturated rings. The maximum Gasteiger partial charge on any atom is 0.123 e. The van der Waals surface area contributed by atoms with Gasteiger partial charge in [0.05, 0.1) is 6.10 Å². The normalized spacial score (nSPS) is 12.8. The van der Waals surface area contributed by atoms with E-state index >= 15 is 0 Å². The van der Waals surface area contributed by atoms with Crippen molar-refractivity contribution < 1.29 is 9.50 Å². The van der Waals surface area contributed by atoms with Gasteiger partial charge in [-0.1, -0.05) is 12.1 Å². The minimum atomic E-state index is -0.530. The van der Waals surface area contributed by atoms with Gasteiger partial charge in [0.15, 0.2) is 0 Å². The highest BCUT2D eigenvalue weighted by molar-refractivity contribution is 7.98. The molecule has 1 rings (SSSR count). The van der Waals surface area contributed by atoms with Crippen LogP contribution in [0, 0.1) is 5.82 Å². The SMILES string of the molecule is CSCCCC(O)c1cccc(F)c1. The van der Waals surface area contributed by atoms with Gasteiger partial charge in [-0.25, -0.2) is 4.39 Å². The van der Waals surface area contributed by atoms with Crippen molar-refractivity contribution in [3.63, 3.8) is 0 Å². The Morgan fingerprint density at radius 2 is 2.29 bits per heavy atom. The topological polar surface area (TPSA) is 20.2 Å². The van der Waals surface area contributed by atoms with E-state index in [1.807, 2.05) is 6.26 Å². The number of halogens is 1. The summed E-state index contributed by atoms with van der Waals surface area (Å²) < 4.78 is 12.8. The molecule has 0 aliphatic heterocycles. The molecule has 0 aliphatic carbocycles. The van der Waals surface area contributed by atoms with Crippen molar-refractivity contribution in [2.45, 2.75) is 18.9 Å². The van der Waals surface area contributed by atoms with Crippen LogP contribution in [0.3, 0.4) is 0 Å². The highest BCUT2D eigenvalue weighted by Crippen LogP contribution is 2.19. The summed E-state index contributed by atoms with van der Waals surface area (Å²) in [5, 5.41) is 9.70. The summed E-state index contributed by atoms with van der Waals surface area (Å²) in [6, 6.07) is 6.16. The maximum atomic E-state index is 12.8. The van der Waals surface area contributed by atoms with E-state index in [0.29, 0.717) is 12.0 Å². The van der Waals surface area contributed by atoms with E-state index in [0.717, 1.165) is 12.2 Å². The molecule has 0 aromatic heterocycles. The third kappa shape index (κ3) is 3.68. The van der Waals surface area contributed by atoms with Crippen molar-refractivity contribution in [1.29, 1.82) is 0 Å². The second-order valence-electron chi connectivity index (χ2n) is 3.21. The summed E-state index contributed by atoms with van der Waals surface area (Å²) >= 11 is 1.76. The molecule has 1 N–H and O–H groups in total. The van der Waals surface area contributed by atoms with Gasteiger partial charge in [-0.3, -0.25) is 0 Å². The Kier molecular flexibility index (Phi) is 4.98. The van der Waals surface area contributed by atoms with Gasteiger partial charge in [0.1, 0.15) is 5.82 Å². The van der Waals surface area contributed by atoms with Crippen LogP contribution in [0.15, 0.2) is 24.3 Å². The van der Waals surface area contributed by atoms with Gasteiger partial charge >= 0.3 is 0 Å². The fourth-order valence-electron chi connectivity index (χ4n) is 1.30. The largest absolute Gasteiger partial charge is 0.388 e. The highest BCUT2D eigenvalue weighted by atomic mass is 32.2. The Labute approximate surface area is 88.3 Å². The Hall–Kier alpha value is -0.540. The van der Waals surface area contributed by atoms with Crippen LogP contribution < -0.4 is 0 Å². The average molecular weight is 214 g/mol. The Bertz CT molecular complexity index is 278. The maximum absolute atomic E-state index is 12.8. The van der Waals surface area contributed by atoms with Crippen LogP contribution in [0.5, 0.6) is 0 Å².